The monoisotopic (exact) mass is 166 g/mol. The van der Waals surface area contributed by atoms with Crippen LogP contribution in [-0.4, -0.2) is 18.6 Å². The van der Waals surface area contributed by atoms with Gasteiger partial charge in [-0.3, -0.25) is 4.98 Å². The molecule has 66 valence electrons. The normalized spacial score (nSPS) is 12.6. The van der Waals surface area contributed by atoms with Crippen LogP contribution in [0.4, 0.5) is 0 Å². The zero-order chi connectivity index (χ0) is 8.97. The van der Waals surface area contributed by atoms with Gasteiger partial charge in [-0.05, 0) is 18.5 Å². The first-order valence-corrected chi connectivity index (χ1v) is 3.97. The standard InChI is InChI=1S/C9H14N2O/c1-7(5-10)8-6-11-4-3-9(8)12-2/h3-4,6-7H,5,10H2,1-2H3. The molecule has 2 N–H and O–H groups in total. The summed E-state index contributed by atoms with van der Waals surface area (Å²) in [4.78, 5) is 4.03. The van der Waals surface area contributed by atoms with E-state index in [0.717, 1.165) is 11.3 Å². The summed E-state index contributed by atoms with van der Waals surface area (Å²) in [5.74, 6) is 1.16. The predicted molar refractivity (Wildman–Crippen MR) is 48.3 cm³/mol. The predicted octanol–water partition coefficient (Wildman–Crippen LogP) is 1.15. The van der Waals surface area contributed by atoms with E-state index >= 15 is 0 Å². The maximum atomic E-state index is 5.54. The van der Waals surface area contributed by atoms with Crippen LogP contribution >= 0.6 is 0 Å². The van der Waals surface area contributed by atoms with E-state index in [0.29, 0.717) is 12.5 Å². The number of methoxy groups -OCH3 is 1. The number of rotatable bonds is 3. The molecule has 0 amide bonds. The number of pyridine rings is 1. The molecular formula is C9H14N2O. The highest BCUT2D eigenvalue weighted by atomic mass is 16.5. The van der Waals surface area contributed by atoms with Crippen molar-refractivity contribution >= 4 is 0 Å². The van der Waals surface area contributed by atoms with Crippen molar-refractivity contribution in [1.29, 1.82) is 0 Å². The summed E-state index contributed by atoms with van der Waals surface area (Å²) in [6, 6.07) is 1.85. The fourth-order valence-corrected chi connectivity index (χ4v) is 1.08. The van der Waals surface area contributed by atoms with Crippen molar-refractivity contribution in [2.75, 3.05) is 13.7 Å². The van der Waals surface area contributed by atoms with Crippen LogP contribution in [0.5, 0.6) is 5.75 Å². The van der Waals surface area contributed by atoms with Gasteiger partial charge < -0.3 is 10.5 Å². The molecular weight excluding hydrogens is 152 g/mol. The Morgan fingerprint density at radius 2 is 2.42 bits per heavy atom. The van der Waals surface area contributed by atoms with Crippen molar-refractivity contribution in [2.24, 2.45) is 5.73 Å². The zero-order valence-electron chi connectivity index (χ0n) is 7.45. The minimum Gasteiger partial charge on any atom is -0.496 e. The third-order valence-electron chi connectivity index (χ3n) is 1.91. The van der Waals surface area contributed by atoms with E-state index in [1.807, 2.05) is 6.07 Å². The summed E-state index contributed by atoms with van der Waals surface area (Å²) in [7, 11) is 1.65. The second-order valence-electron chi connectivity index (χ2n) is 2.75. The Bertz CT molecular complexity index is 250. The van der Waals surface area contributed by atoms with Gasteiger partial charge in [0.25, 0.3) is 0 Å². The van der Waals surface area contributed by atoms with Crippen LogP contribution in [0.3, 0.4) is 0 Å². The smallest absolute Gasteiger partial charge is 0.125 e. The van der Waals surface area contributed by atoms with Crippen molar-refractivity contribution in [3.8, 4) is 5.75 Å². The first-order chi connectivity index (χ1) is 5.79. The largest absolute Gasteiger partial charge is 0.496 e. The van der Waals surface area contributed by atoms with Crippen molar-refractivity contribution < 1.29 is 4.74 Å². The number of hydrogen-bond acceptors (Lipinski definition) is 3. The Morgan fingerprint density at radius 3 is 3.00 bits per heavy atom. The third kappa shape index (κ3) is 1.74. The Morgan fingerprint density at radius 1 is 1.67 bits per heavy atom. The second-order valence-corrected chi connectivity index (χ2v) is 2.75. The molecule has 0 fully saturated rings. The Balaban J connectivity index is 2.96. The average molecular weight is 166 g/mol. The summed E-state index contributed by atoms with van der Waals surface area (Å²) >= 11 is 0. The molecule has 12 heavy (non-hydrogen) atoms. The van der Waals surface area contributed by atoms with Crippen LogP contribution in [0.1, 0.15) is 18.4 Å². The van der Waals surface area contributed by atoms with E-state index in [2.05, 4.69) is 11.9 Å². The molecule has 0 spiro atoms. The lowest BCUT2D eigenvalue weighted by Gasteiger charge is -2.12. The number of nitrogens with two attached hydrogens (primary N) is 1. The maximum absolute atomic E-state index is 5.54. The molecule has 1 unspecified atom stereocenters. The lowest BCUT2D eigenvalue weighted by molar-refractivity contribution is 0.406. The molecule has 1 heterocycles. The summed E-state index contributed by atoms with van der Waals surface area (Å²) < 4.78 is 5.17. The lowest BCUT2D eigenvalue weighted by atomic mass is 10.0. The Kier molecular flexibility index (Phi) is 3.05. The van der Waals surface area contributed by atoms with Crippen LogP contribution in [0.15, 0.2) is 18.5 Å². The summed E-state index contributed by atoms with van der Waals surface area (Å²) in [5.41, 5.74) is 6.62. The minimum absolute atomic E-state index is 0.300. The van der Waals surface area contributed by atoms with Gasteiger partial charge in [-0.2, -0.15) is 0 Å². The summed E-state index contributed by atoms with van der Waals surface area (Å²) in [5, 5.41) is 0. The molecule has 1 aromatic rings. The van der Waals surface area contributed by atoms with E-state index in [9.17, 15) is 0 Å². The highest BCUT2D eigenvalue weighted by Crippen LogP contribution is 2.23. The van der Waals surface area contributed by atoms with Gasteiger partial charge in [0.1, 0.15) is 5.75 Å². The second kappa shape index (κ2) is 4.07. The number of aromatic nitrogens is 1. The molecule has 0 aliphatic heterocycles. The quantitative estimate of drug-likeness (QED) is 0.732. The molecule has 1 atom stereocenters. The highest BCUT2D eigenvalue weighted by Gasteiger charge is 2.08. The highest BCUT2D eigenvalue weighted by molar-refractivity contribution is 5.32. The molecule has 0 aromatic carbocycles. The van der Waals surface area contributed by atoms with Gasteiger partial charge in [0.2, 0.25) is 0 Å². The van der Waals surface area contributed by atoms with Crippen LogP contribution in [-0.2, 0) is 0 Å². The van der Waals surface area contributed by atoms with E-state index in [4.69, 9.17) is 10.5 Å². The van der Waals surface area contributed by atoms with Crippen LogP contribution in [0.2, 0.25) is 0 Å². The molecule has 0 saturated carbocycles. The number of hydrogen-bond donors (Lipinski definition) is 1. The molecule has 1 rings (SSSR count). The number of nitrogens with zero attached hydrogens (tertiary/aromatic N) is 1. The molecule has 0 aliphatic carbocycles. The average Bonchev–Trinajstić information content (AvgIpc) is 2.16. The van der Waals surface area contributed by atoms with Crippen LogP contribution in [0.25, 0.3) is 0 Å². The number of ether oxygens (including phenoxy) is 1. The van der Waals surface area contributed by atoms with E-state index < -0.39 is 0 Å². The van der Waals surface area contributed by atoms with Crippen LogP contribution < -0.4 is 10.5 Å². The molecule has 0 aliphatic rings. The lowest BCUT2D eigenvalue weighted by Crippen LogP contribution is -2.10. The fraction of sp³-hybridized carbons (Fsp3) is 0.444. The zero-order valence-corrected chi connectivity index (χ0v) is 7.45. The SMILES string of the molecule is COc1ccncc1C(C)CN. The maximum Gasteiger partial charge on any atom is 0.125 e. The summed E-state index contributed by atoms with van der Waals surface area (Å²) in [6.45, 7) is 2.67. The topological polar surface area (TPSA) is 48.1 Å². The van der Waals surface area contributed by atoms with Crippen molar-refractivity contribution in [2.45, 2.75) is 12.8 Å². The summed E-state index contributed by atoms with van der Waals surface area (Å²) in [6.07, 6.45) is 3.52. The first kappa shape index (κ1) is 9.00. The fourth-order valence-electron chi connectivity index (χ4n) is 1.08. The molecule has 0 radical (unpaired) electrons. The third-order valence-corrected chi connectivity index (χ3v) is 1.91. The van der Waals surface area contributed by atoms with Crippen molar-refractivity contribution in [3.63, 3.8) is 0 Å². The van der Waals surface area contributed by atoms with Crippen molar-refractivity contribution in [1.82, 2.24) is 4.98 Å². The van der Waals surface area contributed by atoms with Gasteiger partial charge in [0.05, 0.1) is 7.11 Å². The molecule has 1 aromatic heterocycles. The van der Waals surface area contributed by atoms with Gasteiger partial charge in [-0.1, -0.05) is 6.92 Å². The molecule has 0 saturated heterocycles. The molecule has 0 bridgehead atoms. The van der Waals surface area contributed by atoms with Gasteiger partial charge in [-0.15, -0.1) is 0 Å². The minimum atomic E-state index is 0.300. The van der Waals surface area contributed by atoms with E-state index in [1.165, 1.54) is 0 Å². The van der Waals surface area contributed by atoms with Gasteiger partial charge in [-0.25, -0.2) is 0 Å². The van der Waals surface area contributed by atoms with Crippen molar-refractivity contribution in [3.05, 3.63) is 24.0 Å². The Labute approximate surface area is 72.6 Å². The van der Waals surface area contributed by atoms with Gasteiger partial charge >= 0.3 is 0 Å². The van der Waals surface area contributed by atoms with E-state index in [-0.39, 0.29) is 0 Å². The molecule has 3 nitrogen and oxygen atoms in total. The van der Waals surface area contributed by atoms with Gasteiger partial charge in [0, 0.05) is 18.0 Å². The van der Waals surface area contributed by atoms with Gasteiger partial charge in [0.15, 0.2) is 0 Å². The van der Waals surface area contributed by atoms with E-state index in [1.54, 1.807) is 19.5 Å². The molecule has 3 heteroatoms. The van der Waals surface area contributed by atoms with Crippen LogP contribution in [0, 0.1) is 0 Å². The first-order valence-electron chi connectivity index (χ1n) is 3.97. The Hall–Kier alpha value is -1.09.